The molecule has 1 saturated heterocycles. The molecule has 7 heteroatoms. The summed E-state index contributed by atoms with van der Waals surface area (Å²) in [6, 6.07) is 10.1. The molecule has 154 valence electrons. The Morgan fingerprint density at radius 3 is 2.52 bits per heavy atom. The molecular formula is C22H27ClN4O2. The Labute approximate surface area is 176 Å². The highest BCUT2D eigenvalue weighted by molar-refractivity contribution is 6.30. The lowest BCUT2D eigenvalue weighted by Gasteiger charge is -2.39. The van der Waals surface area contributed by atoms with Crippen LogP contribution in [0.3, 0.4) is 0 Å². The molecule has 0 spiro atoms. The summed E-state index contributed by atoms with van der Waals surface area (Å²) in [5, 5.41) is -0.534. The smallest absolute Gasteiger partial charge is 0.240 e. The van der Waals surface area contributed by atoms with Crippen molar-refractivity contribution in [2.24, 2.45) is 0 Å². The summed E-state index contributed by atoms with van der Waals surface area (Å²) in [5.41, 5.74) is 3.05. The normalized spacial score (nSPS) is 22.9. The standard InChI is InChI=1S/C22H27ClN4O2/c1-14-11-27(12-15(2)29-14)21-18-13-26(22(28)16(3)23)10-9-19(18)24-20(25-21)17-7-5-4-6-8-17/h4-8,14-16H,9-13H2,1-3H3/t14-,15-,16-/m1/s1. The van der Waals surface area contributed by atoms with E-state index in [1.165, 1.54) is 0 Å². The molecule has 2 aliphatic rings. The monoisotopic (exact) mass is 414 g/mol. The number of anilines is 1. The van der Waals surface area contributed by atoms with E-state index in [1.807, 2.05) is 35.2 Å². The van der Waals surface area contributed by atoms with Gasteiger partial charge in [0, 0.05) is 37.2 Å². The van der Waals surface area contributed by atoms with E-state index in [9.17, 15) is 4.79 Å². The first kappa shape index (κ1) is 20.1. The van der Waals surface area contributed by atoms with Crippen molar-refractivity contribution in [2.75, 3.05) is 24.5 Å². The average molecular weight is 415 g/mol. The highest BCUT2D eigenvalue weighted by Gasteiger charge is 2.31. The van der Waals surface area contributed by atoms with E-state index in [-0.39, 0.29) is 18.1 Å². The van der Waals surface area contributed by atoms with Gasteiger partial charge in [-0.1, -0.05) is 30.3 Å². The van der Waals surface area contributed by atoms with Crippen molar-refractivity contribution >= 4 is 23.3 Å². The maximum Gasteiger partial charge on any atom is 0.240 e. The molecule has 4 rings (SSSR count). The molecule has 3 heterocycles. The van der Waals surface area contributed by atoms with Crippen molar-refractivity contribution in [1.82, 2.24) is 14.9 Å². The molecule has 0 aliphatic carbocycles. The molecule has 0 radical (unpaired) electrons. The zero-order valence-corrected chi connectivity index (χ0v) is 17.9. The number of alkyl halides is 1. The minimum atomic E-state index is -0.534. The molecule has 6 nitrogen and oxygen atoms in total. The van der Waals surface area contributed by atoms with Gasteiger partial charge in [-0.05, 0) is 20.8 Å². The Morgan fingerprint density at radius 2 is 1.86 bits per heavy atom. The van der Waals surface area contributed by atoms with E-state index < -0.39 is 5.38 Å². The summed E-state index contributed by atoms with van der Waals surface area (Å²) in [5.74, 6) is 1.60. The Kier molecular flexibility index (Phi) is 5.74. The number of carbonyl (C=O) groups excluding carboxylic acids is 1. The summed E-state index contributed by atoms with van der Waals surface area (Å²) in [4.78, 5) is 26.5. The van der Waals surface area contributed by atoms with Crippen molar-refractivity contribution in [3.63, 3.8) is 0 Å². The van der Waals surface area contributed by atoms with E-state index in [1.54, 1.807) is 6.92 Å². The second-order valence-electron chi connectivity index (χ2n) is 7.95. The number of nitrogens with zero attached hydrogens (tertiary/aromatic N) is 4. The van der Waals surface area contributed by atoms with Gasteiger partial charge in [-0.2, -0.15) is 0 Å². The molecule has 1 aromatic carbocycles. The molecule has 29 heavy (non-hydrogen) atoms. The lowest BCUT2D eigenvalue weighted by atomic mass is 10.0. The number of fused-ring (bicyclic) bond motifs is 1. The number of aromatic nitrogens is 2. The molecule has 1 fully saturated rings. The quantitative estimate of drug-likeness (QED) is 0.721. The van der Waals surface area contributed by atoms with E-state index in [4.69, 9.17) is 26.3 Å². The van der Waals surface area contributed by atoms with Gasteiger partial charge in [-0.25, -0.2) is 9.97 Å². The first-order valence-electron chi connectivity index (χ1n) is 10.2. The summed E-state index contributed by atoms with van der Waals surface area (Å²) in [6.45, 7) is 8.54. The summed E-state index contributed by atoms with van der Waals surface area (Å²) in [6.07, 6.45) is 0.942. The zero-order valence-electron chi connectivity index (χ0n) is 17.1. The number of rotatable bonds is 3. The number of morpholine rings is 1. The van der Waals surface area contributed by atoms with Crippen LogP contribution >= 0.6 is 11.6 Å². The van der Waals surface area contributed by atoms with Gasteiger partial charge in [0.15, 0.2) is 5.82 Å². The van der Waals surface area contributed by atoms with Gasteiger partial charge < -0.3 is 14.5 Å². The first-order chi connectivity index (χ1) is 13.9. The Morgan fingerprint density at radius 1 is 1.17 bits per heavy atom. The van der Waals surface area contributed by atoms with Crippen LogP contribution in [-0.4, -0.2) is 58.0 Å². The second kappa shape index (κ2) is 8.28. The molecule has 1 amide bonds. The lowest BCUT2D eigenvalue weighted by Crippen LogP contribution is -2.47. The molecule has 0 N–H and O–H groups in total. The van der Waals surface area contributed by atoms with Gasteiger partial charge in [0.2, 0.25) is 5.91 Å². The van der Waals surface area contributed by atoms with E-state index in [0.29, 0.717) is 19.5 Å². The van der Waals surface area contributed by atoms with Crippen LogP contribution in [0.4, 0.5) is 5.82 Å². The number of carbonyl (C=O) groups is 1. The predicted octanol–water partition coefficient (Wildman–Crippen LogP) is 3.27. The number of hydrogen-bond donors (Lipinski definition) is 0. The molecule has 0 saturated carbocycles. The number of ether oxygens (including phenoxy) is 1. The van der Waals surface area contributed by atoms with Crippen LogP contribution in [0.1, 0.15) is 32.0 Å². The number of amides is 1. The topological polar surface area (TPSA) is 58.6 Å². The van der Waals surface area contributed by atoms with Crippen LogP contribution in [0.15, 0.2) is 30.3 Å². The van der Waals surface area contributed by atoms with E-state index in [2.05, 4.69) is 18.7 Å². The molecule has 0 unspecified atom stereocenters. The zero-order chi connectivity index (χ0) is 20.5. The number of halogens is 1. The van der Waals surface area contributed by atoms with Gasteiger partial charge in [0.1, 0.15) is 11.2 Å². The molecule has 1 aromatic heterocycles. The minimum Gasteiger partial charge on any atom is -0.372 e. The van der Waals surface area contributed by atoms with Crippen LogP contribution in [0.25, 0.3) is 11.4 Å². The fourth-order valence-corrected chi connectivity index (χ4v) is 4.30. The van der Waals surface area contributed by atoms with Crippen molar-refractivity contribution in [3.8, 4) is 11.4 Å². The Balaban J connectivity index is 1.77. The van der Waals surface area contributed by atoms with E-state index in [0.717, 1.165) is 41.6 Å². The van der Waals surface area contributed by atoms with Gasteiger partial charge in [0.05, 0.1) is 24.4 Å². The highest BCUT2D eigenvalue weighted by Crippen LogP contribution is 2.31. The maximum absolute atomic E-state index is 12.5. The molecule has 3 atom stereocenters. The van der Waals surface area contributed by atoms with Crippen LogP contribution in [-0.2, 0) is 22.5 Å². The largest absolute Gasteiger partial charge is 0.372 e. The Hall–Kier alpha value is -2.18. The van der Waals surface area contributed by atoms with Crippen molar-refractivity contribution in [1.29, 1.82) is 0 Å². The average Bonchev–Trinajstić information content (AvgIpc) is 2.71. The van der Waals surface area contributed by atoms with Gasteiger partial charge in [-0.3, -0.25) is 4.79 Å². The van der Waals surface area contributed by atoms with Crippen LogP contribution < -0.4 is 4.90 Å². The van der Waals surface area contributed by atoms with Crippen molar-refractivity contribution in [3.05, 3.63) is 41.6 Å². The SMILES string of the molecule is C[C@@H]1CN(c2nc(-c3ccccc3)nc3c2CN(C(=O)[C@@H](C)Cl)CC3)C[C@@H](C)O1. The van der Waals surface area contributed by atoms with Gasteiger partial charge in [0.25, 0.3) is 0 Å². The summed E-state index contributed by atoms with van der Waals surface area (Å²) < 4.78 is 5.92. The highest BCUT2D eigenvalue weighted by atomic mass is 35.5. The fourth-order valence-electron chi connectivity index (χ4n) is 4.17. The third-order valence-electron chi connectivity index (χ3n) is 5.44. The van der Waals surface area contributed by atoms with E-state index >= 15 is 0 Å². The fraction of sp³-hybridized carbons (Fsp3) is 0.500. The minimum absolute atomic E-state index is 0.0425. The van der Waals surface area contributed by atoms with Crippen LogP contribution in [0.5, 0.6) is 0 Å². The van der Waals surface area contributed by atoms with Crippen molar-refractivity contribution < 1.29 is 9.53 Å². The third kappa shape index (κ3) is 4.23. The van der Waals surface area contributed by atoms with Crippen molar-refractivity contribution in [2.45, 2.75) is 51.3 Å². The Bertz CT molecular complexity index is 880. The summed E-state index contributed by atoms with van der Waals surface area (Å²) in [7, 11) is 0. The maximum atomic E-state index is 12.5. The first-order valence-corrected chi connectivity index (χ1v) is 10.6. The third-order valence-corrected chi connectivity index (χ3v) is 5.63. The molecule has 2 aromatic rings. The second-order valence-corrected chi connectivity index (χ2v) is 8.60. The van der Waals surface area contributed by atoms with Gasteiger partial charge in [-0.15, -0.1) is 11.6 Å². The van der Waals surface area contributed by atoms with Gasteiger partial charge >= 0.3 is 0 Å². The molecular weight excluding hydrogens is 388 g/mol. The summed E-state index contributed by atoms with van der Waals surface area (Å²) >= 11 is 6.07. The lowest BCUT2D eigenvalue weighted by molar-refractivity contribution is -0.131. The molecule has 2 aliphatic heterocycles. The number of hydrogen-bond acceptors (Lipinski definition) is 5. The van der Waals surface area contributed by atoms with Crippen LogP contribution in [0, 0.1) is 0 Å². The van der Waals surface area contributed by atoms with Crippen LogP contribution in [0.2, 0.25) is 0 Å². The number of benzene rings is 1. The molecule has 0 bridgehead atoms. The predicted molar refractivity (Wildman–Crippen MR) is 114 cm³/mol.